The lowest BCUT2D eigenvalue weighted by atomic mass is 10.1. The minimum Gasteiger partial charge on any atom is -0.393 e. The van der Waals surface area contributed by atoms with Gasteiger partial charge in [0.05, 0.1) is 23.6 Å². The monoisotopic (exact) mass is 285 g/mol. The molecule has 5 heteroatoms. The van der Waals surface area contributed by atoms with Crippen LogP contribution < -0.4 is 5.32 Å². The first-order chi connectivity index (χ1) is 10.2. The molecule has 2 unspecified atom stereocenters. The molecule has 21 heavy (non-hydrogen) atoms. The number of amides is 1. The van der Waals surface area contributed by atoms with Crippen molar-refractivity contribution < 1.29 is 9.90 Å². The Bertz CT molecular complexity index is 609. The highest BCUT2D eigenvalue weighted by Crippen LogP contribution is 2.24. The predicted octanol–water partition coefficient (Wildman–Crippen LogP) is 1.76. The van der Waals surface area contributed by atoms with Crippen molar-refractivity contribution in [3.63, 3.8) is 0 Å². The number of aromatic nitrogens is 2. The largest absolute Gasteiger partial charge is 0.393 e. The van der Waals surface area contributed by atoms with E-state index in [0.29, 0.717) is 18.0 Å². The second-order valence-corrected chi connectivity index (χ2v) is 5.55. The molecule has 0 bridgehead atoms. The van der Waals surface area contributed by atoms with Gasteiger partial charge in [-0.1, -0.05) is 18.2 Å². The summed E-state index contributed by atoms with van der Waals surface area (Å²) in [5, 5.41) is 16.6. The summed E-state index contributed by atoms with van der Waals surface area (Å²) in [6.45, 7) is 0.617. The number of nitrogens with one attached hydrogen (secondary N) is 1. The molecule has 2 aromatic rings. The van der Waals surface area contributed by atoms with Gasteiger partial charge in [0, 0.05) is 12.7 Å². The van der Waals surface area contributed by atoms with Gasteiger partial charge in [-0.25, -0.2) is 4.68 Å². The van der Waals surface area contributed by atoms with Crippen molar-refractivity contribution in [1.82, 2.24) is 15.1 Å². The van der Waals surface area contributed by atoms with Crippen LogP contribution in [0.4, 0.5) is 0 Å². The Morgan fingerprint density at radius 1 is 1.33 bits per heavy atom. The Morgan fingerprint density at radius 2 is 2.14 bits per heavy atom. The second-order valence-electron chi connectivity index (χ2n) is 5.55. The first-order valence-corrected chi connectivity index (χ1v) is 7.29. The summed E-state index contributed by atoms with van der Waals surface area (Å²) in [5.41, 5.74) is 1.48. The number of nitrogens with zero attached hydrogens (tertiary/aromatic N) is 2. The van der Waals surface area contributed by atoms with Gasteiger partial charge in [0.2, 0.25) is 0 Å². The smallest absolute Gasteiger partial charge is 0.254 e. The van der Waals surface area contributed by atoms with Crippen LogP contribution in [0, 0.1) is 5.92 Å². The summed E-state index contributed by atoms with van der Waals surface area (Å²) in [7, 11) is 0. The first kappa shape index (κ1) is 13.8. The van der Waals surface area contributed by atoms with E-state index < -0.39 is 0 Å². The Balaban J connectivity index is 1.59. The van der Waals surface area contributed by atoms with Gasteiger partial charge in [0.25, 0.3) is 5.91 Å². The number of carbonyl (C=O) groups excluding carboxylic acids is 1. The summed E-state index contributed by atoms with van der Waals surface area (Å²) in [6, 6.07) is 9.68. The topological polar surface area (TPSA) is 67.2 Å². The molecule has 1 heterocycles. The van der Waals surface area contributed by atoms with E-state index in [2.05, 4.69) is 10.4 Å². The molecule has 1 aliphatic carbocycles. The third-order valence-electron chi connectivity index (χ3n) is 3.93. The van der Waals surface area contributed by atoms with Crippen LogP contribution >= 0.6 is 0 Å². The van der Waals surface area contributed by atoms with Crippen molar-refractivity contribution in [2.75, 3.05) is 6.54 Å². The molecule has 1 amide bonds. The number of para-hydroxylation sites is 1. The Hall–Kier alpha value is -2.14. The highest BCUT2D eigenvalue weighted by molar-refractivity contribution is 5.93. The number of hydrogen-bond acceptors (Lipinski definition) is 3. The van der Waals surface area contributed by atoms with Crippen LogP contribution in [-0.2, 0) is 0 Å². The molecule has 2 N–H and O–H groups in total. The number of hydrogen-bond donors (Lipinski definition) is 2. The molecule has 1 aromatic heterocycles. The highest BCUT2D eigenvalue weighted by atomic mass is 16.3. The average molecular weight is 285 g/mol. The molecule has 1 aliphatic rings. The fourth-order valence-corrected chi connectivity index (χ4v) is 2.74. The number of aliphatic hydroxyl groups excluding tert-OH is 1. The van der Waals surface area contributed by atoms with E-state index in [1.54, 1.807) is 17.1 Å². The Labute approximate surface area is 123 Å². The third-order valence-corrected chi connectivity index (χ3v) is 3.93. The summed E-state index contributed by atoms with van der Waals surface area (Å²) in [4.78, 5) is 12.1. The Morgan fingerprint density at radius 3 is 2.86 bits per heavy atom. The van der Waals surface area contributed by atoms with Gasteiger partial charge in [-0.2, -0.15) is 5.10 Å². The minimum atomic E-state index is -0.201. The molecule has 0 radical (unpaired) electrons. The lowest BCUT2D eigenvalue weighted by molar-refractivity contribution is 0.0945. The number of rotatable bonds is 4. The quantitative estimate of drug-likeness (QED) is 0.899. The van der Waals surface area contributed by atoms with Gasteiger partial charge < -0.3 is 10.4 Å². The van der Waals surface area contributed by atoms with Crippen LogP contribution in [0.3, 0.4) is 0 Å². The highest BCUT2D eigenvalue weighted by Gasteiger charge is 2.23. The number of aliphatic hydroxyl groups is 1. The first-order valence-electron chi connectivity index (χ1n) is 7.29. The van der Waals surface area contributed by atoms with Crippen molar-refractivity contribution in [3.8, 4) is 5.69 Å². The molecule has 1 aromatic carbocycles. The molecule has 3 rings (SSSR count). The van der Waals surface area contributed by atoms with Crippen LogP contribution in [0.1, 0.15) is 29.6 Å². The molecular weight excluding hydrogens is 266 g/mol. The normalized spacial score (nSPS) is 21.4. The van der Waals surface area contributed by atoms with Gasteiger partial charge >= 0.3 is 0 Å². The van der Waals surface area contributed by atoms with Gasteiger partial charge in [-0.15, -0.1) is 0 Å². The zero-order chi connectivity index (χ0) is 14.7. The zero-order valence-electron chi connectivity index (χ0n) is 11.8. The van der Waals surface area contributed by atoms with Crippen molar-refractivity contribution in [3.05, 3.63) is 48.3 Å². The third kappa shape index (κ3) is 3.31. The van der Waals surface area contributed by atoms with E-state index in [-0.39, 0.29) is 12.0 Å². The zero-order valence-corrected chi connectivity index (χ0v) is 11.8. The molecule has 1 saturated carbocycles. The van der Waals surface area contributed by atoms with E-state index in [1.807, 2.05) is 30.3 Å². The molecule has 2 atom stereocenters. The van der Waals surface area contributed by atoms with Crippen LogP contribution in [0.15, 0.2) is 42.7 Å². The number of benzene rings is 1. The summed E-state index contributed by atoms with van der Waals surface area (Å²) < 4.78 is 1.69. The van der Waals surface area contributed by atoms with Crippen LogP contribution in [-0.4, -0.2) is 33.4 Å². The van der Waals surface area contributed by atoms with E-state index in [9.17, 15) is 9.90 Å². The maximum atomic E-state index is 12.1. The maximum absolute atomic E-state index is 12.1. The van der Waals surface area contributed by atoms with E-state index in [0.717, 1.165) is 24.9 Å². The van der Waals surface area contributed by atoms with Gasteiger partial charge in [-0.3, -0.25) is 4.79 Å². The lowest BCUT2D eigenvalue weighted by Gasteiger charge is -2.09. The van der Waals surface area contributed by atoms with E-state index in [1.165, 1.54) is 0 Å². The average Bonchev–Trinajstić information content (AvgIpc) is 3.15. The Kier molecular flexibility index (Phi) is 4.01. The summed E-state index contributed by atoms with van der Waals surface area (Å²) >= 11 is 0. The minimum absolute atomic E-state index is 0.112. The molecule has 5 nitrogen and oxygen atoms in total. The fraction of sp³-hybridized carbons (Fsp3) is 0.375. The molecular formula is C16H19N3O2. The predicted molar refractivity (Wildman–Crippen MR) is 79.2 cm³/mol. The summed E-state index contributed by atoms with van der Waals surface area (Å²) in [6.07, 6.45) is 5.70. The van der Waals surface area contributed by atoms with Gasteiger partial charge in [0.1, 0.15) is 0 Å². The number of carbonyl (C=O) groups is 1. The molecule has 0 aliphatic heterocycles. The fourth-order valence-electron chi connectivity index (χ4n) is 2.74. The van der Waals surface area contributed by atoms with E-state index in [4.69, 9.17) is 0 Å². The van der Waals surface area contributed by atoms with Gasteiger partial charge in [0.15, 0.2) is 0 Å². The molecule has 0 saturated heterocycles. The maximum Gasteiger partial charge on any atom is 0.254 e. The van der Waals surface area contributed by atoms with E-state index >= 15 is 0 Å². The van der Waals surface area contributed by atoms with Crippen LogP contribution in [0.2, 0.25) is 0 Å². The standard InChI is InChI=1S/C16H19N3O2/c20-15-7-6-12(8-15)9-17-16(21)13-10-18-19(11-13)14-4-2-1-3-5-14/h1-5,10-12,15,20H,6-9H2,(H,17,21). The molecule has 0 spiro atoms. The van der Waals surface area contributed by atoms with Gasteiger partial charge in [-0.05, 0) is 37.3 Å². The van der Waals surface area contributed by atoms with Crippen LogP contribution in [0.5, 0.6) is 0 Å². The van der Waals surface area contributed by atoms with Crippen molar-refractivity contribution in [2.45, 2.75) is 25.4 Å². The molecule has 1 fully saturated rings. The second kappa shape index (κ2) is 6.10. The van der Waals surface area contributed by atoms with Crippen molar-refractivity contribution >= 4 is 5.91 Å². The van der Waals surface area contributed by atoms with Crippen LogP contribution in [0.25, 0.3) is 5.69 Å². The summed E-state index contributed by atoms with van der Waals surface area (Å²) in [5.74, 6) is 0.270. The van der Waals surface area contributed by atoms with Crippen molar-refractivity contribution in [1.29, 1.82) is 0 Å². The SMILES string of the molecule is O=C(NCC1CCC(O)C1)c1cnn(-c2ccccc2)c1. The van der Waals surface area contributed by atoms with Crippen molar-refractivity contribution in [2.24, 2.45) is 5.92 Å². The molecule has 110 valence electrons. The lowest BCUT2D eigenvalue weighted by Crippen LogP contribution is -2.28.